The molecule has 0 saturated heterocycles. The number of likely N-dealkylation sites (N-methyl/N-ethyl adjacent to an activating group) is 1. The first-order valence-electron chi connectivity index (χ1n) is 8.71. The van der Waals surface area contributed by atoms with Crippen LogP contribution in [0.4, 0.5) is 0 Å². The van der Waals surface area contributed by atoms with E-state index < -0.39 is 0 Å². The number of halogens is 1. The molecular formula is C20H24BrN3O2. The number of carbonyl (C=O) groups excluding carboxylic acids is 1. The zero-order valence-electron chi connectivity index (χ0n) is 15.1. The van der Waals surface area contributed by atoms with Gasteiger partial charge < -0.3 is 10.2 Å². The van der Waals surface area contributed by atoms with E-state index in [1.54, 1.807) is 24.4 Å². The fourth-order valence-electron chi connectivity index (χ4n) is 2.58. The maximum Gasteiger partial charge on any atom is 0.268 e. The van der Waals surface area contributed by atoms with Crippen LogP contribution in [-0.2, 0) is 4.79 Å². The molecule has 1 N–H and O–H groups in total. The predicted octanol–water partition coefficient (Wildman–Crippen LogP) is 3.07. The summed E-state index contributed by atoms with van der Waals surface area (Å²) in [6.45, 7) is 7.35. The molecule has 0 atom stereocenters. The number of rotatable bonds is 8. The summed E-state index contributed by atoms with van der Waals surface area (Å²) in [6, 6.07) is 12.4. The van der Waals surface area contributed by atoms with Crippen molar-refractivity contribution in [3.63, 3.8) is 0 Å². The Morgan fingerprint density at radius 3 is 2.62 bits per heavy atom. The van der Waals surface area contributed by atoms with Gasteiger partial charge in [0.05, 0.1) is 0 Å². The number of nitrogens with one attached hydrogen (secondary N) is 1. The molecule has 6 heteroatoms. The molecule has 0 aliphatic heterocycles. The predicted molar refractivity (Wildman–Crippen MR) is 110 cm³/mol. The van der Waals surface area contributed by atoms with Gasteiger partial charge >= 0.3 is 0 Å². The number of amides is 1. The first-order chi connectivity index (χ1) is 12.5. The van der Waals surface area contributed by atoms with E-state index in [0.29, 0.717) is 12.2 Å². The van der Waals surface area contributed by atoms with Gasteiger partial charge in [0, 0.05) is 29.8 Å². The average molecular weight is 418 g/mol. The molecule has 0 aliphatic carbocycles. The Kier molecular flexibility index (Phi) is 7.81. The van der Waals surface area contributed by atoms with Gasteiger partial charge in [-0.3, -0.25) is 14.2 Å². The average Bonchev–Trinajstić information content (AvgIpc) is 2.64. The van der Waals surface area contributed by atoms with Crippen LogP contribution in [0.1, 0.15) is 19.4 Å². The van der Waals surface area contributed by atoms with Crippen LogP contribution in [0.25, 0.3) is 11.8 Å². The number of aromatic nitrogens is 1. The summed E-state index contributed by atoms with van der Waals surface area (Å²) in [4.78, 5) is 27.2. The summed E-state index contributed by atoms with van der Waals surface area (Å²) in [7, 11) is 0. The van der Waals surface area contributed by atoms with Crippen molar-refractivity contribution in [1.29, 1.82) is 0 Å². The molecular weight excluding hydrogens is 394 g/mol. The van der Waals surface area contributed by atoms with Gasteiger partial charge in [0.2, 0.25) is 0 Å². The van der Waals surface area contributed by atoms with E-state index in [2.05, 4.69) is 40.0 Å². The number of nitrogens with zero attached hydrogens (tertiary/aromatic N) is 2. The number of hydrogen-bond acceptors (Lipinski definition) is 3. The molecule has 0 fully saturated rings. The second-order valence-electron chi connectivity index (χ2n) is 5.78. The second kappa shape index (κ2) is 10.1. The van der Waals surface area contributed by atoms with Crippen LogP contribution in [0.2, 0.25) is 0 Å². The Morgan fingerprint density at radius 1 is 1.19 bits per heavy atom. The highest BCUT2D eigenvalue weighted by Crippen LogP contribution is 2.16. The van der Waals surface area contributed by atoms with E-state index in [1.807, 2.05) is 24.3 Å². The minimum atomic E-state index is -0.273. The third-order valence-corrected chi connectivity index (χ3v) is 4.57. The maximum absolute atomic E-state index is 12.8. The normalized spacial score (nSPS) is 11.6. The van der Waals surface area contributed by atoms with E-state index in [0.717, 1.165) is 29.7 Å². The van der Waals surface area contributed by atoms with Crippen molar-refractivity contribution >= 4 is 33.6 Å². The molecule has 1 amide bonds. The van der Waals surface area contributed by atoms with Crippen LogP contribution in [0.3, 0.4) is 0 Å². The van der Waals surface area contributed by atoms with Crippen LogP contribution >= 0.6 is 15.9 Å². The van der Waals surface area contributed by atoms with Gasteiger partial charge in [-0.25, -0.2) is 0 Å². The van der Waals surface area contributed by atoms with E-state index in [9.17, 15) is 9.59 Å². The topological polar surface area (TPSA) is 54.3 Å². The summed E-state index contributed by atoms with van der Waals surface area (Å²) in [5.74, 6) is -0.273. The number of hydrogen-bond donors (Lipinski definition) is 1. The number of pyridine rings is 1. The Hall–Kier alpha value is -2.18. The van der Waals surface area contributed by atoms with E-state index >= 15 is 0 Å². The van der Waals surface area contributed by atoms with Crippen LogP contribution in [-0.4, -0.2) is 41.6 Å². The standard InChI is InChI=1S/C20H24BrN3O2/c1-3-23(4-2)13-11-22-20(26)18(24-12-6-5-10-19(24)25)15-16-8-7-9-17(21)14-16/h5-10,12,14-15H,3-4,11,13H2,1-2H3,(H,22,26). The Balaban J connectivity index is 2.28. The first-order valence-corrected chi connectivity index (χ1v) is 9.50. The Labute approximate surface area is 162 Å². The molecule has 0 bridgehead atoms. The molecule has 1 aromatic heterocycles. The van der Waals surface area contributed by atoms with Crippen molar-refractivity contribution in [2.24, 2.45) is 0 Å². The van der Waals surface area contributed by atoms with Crippen LogP contribution in [0.15, 0.2) is 57.9 Å². The molecule has 26 heavy (non-hydrogen) atoms. The van der Waals surface area contributed by atoms with Crippen molar-refractivity contribution in [1.82, 2.24) is 14.8 Å². The van der Waals surface area contributed by atoms with Gasteiger partial charge in [-0.05, 0) is 42.9 Å². The second-order valence-corrected chi connectivity index (χ2v) is 6.69. The fourth-order valence-corrected chi connectivity index (χ4v) is 3.00. The number of carbonyl (C=O) groups is 1. The molecule has 0 unspecified atom stereocenters. The van der Waals surface area contributed by atoms with Crippen molar-refractivity contribution in [3.05, 3.63) is 69.1 Å². The monoisotopic (exact) mass is 417 g/mol. The highest BCUT2D eigenvalue weighted by Gasteiger charge is 2.13. The van der Waals surface area contributed by atoms with Crippen molar-refractivity contribution < 1.29 is 4.79 Å². The fraction of sp³-hybridized carbons (Fsp3) is 0.300. The van der Waals surface area contributed by atoms with E-state index in [1.165, 1.54) is 10.6 Å². The zero-order valence-corrected chi connectivity index (χ0v) is 16.7. The minimum absolute atomic E-state index is 0.243. The van der Waals surface area contributed by atoms with Gasteiger partial charge in [0.15, 0.2) is 0 Å². The maximum atomic E-state index is 12.8. The lowest BCUT2D eigenvalue weighted by molar-refractivity contribution is -0.116. The summed E-state index contributed by atoms with van der Waals surface area (Å²) >= 11 is 3.43. The van der Waals surface area contributed by atoms with Crippen molar-refractivity contribution in [3.8, 4) is 0 Å². The summed E-state index contributed by atoms with van der Waals surface area (Å²) < 4.78 is 2.28. The van der Waals surface area contributed by atoms with Crippen LogP contribution in [0, 0.1) is 0 Å². The van der Waals surface area contributed by atoms with E-state index in [4.69, 9.17) is 0 Å². The molecule has 1 heterocycles. The Bertz CT molecular complexity index is 826. The highest BCUT2D eigenvalue weighted by molar-refractivity contribution is 9.10. The molecule has 0 aliphatic rings. The van der Waals surface area contributed by atoms with Gasteiger partial charge in [0.25, 0.3) is 11.5 Å². The van der Waals surface area contributed by atoms with Gasteiger partial charge in [-0.1, -0.05) is 48.0 Å². The molecule has 2 aromatic rings. The molecule has 138 valence electrons. The van der Waals surface area contributed by atoms with Gasteiger partial charge in [-0.15, -0.1) is 0 Å². The Morgan fingerprint density at radius 2 is 1.96 bits per heavy atom. The van der Waals surface area contributed by atoms with Crippen molar-refractivity contribution in [2.45, 2.75) is 13.8 Å². The molecule has 1 aromatic carbocycles. The summed E-state index contributed by atoms with van der Waals surface area (Å²) in [5, 5.41) is 2.92. The van der Waals surface area contributed by atoms with Gasteiger partial charge in [0.1, 0.15) is 5.70 Å². The largest absolute Gasteiger partial charge is 0.349 e. The molecule has 2 rings (SSSR count). The number of benzene rings is 1. The lowest BCUT2D eigenvalue weighted by atomic mass is 10.2. The van der Waals surface area contributed by atoms with Crippen LogP contribution in [0.5, 0.6) is 0 Å². The lowest BCUT2D eigenvalue weighted by Gasteiger charge is -2.18. The van der Waals surface area contributed by atoms with E-state index in [-0.39, 0.29) is 11.5 Å². The SMILES string of the molecule is CCN(CC)CCNC(=O)C(=Cc1cccc(Br)c1)n1ccccc1=O. The van der Waals surface area contributed by atoms with Crippen molar-refractivity contribution in [2.75, 3.05) is 26.2 Å². The molecule has 0 radical (unpaired) electrons. The minimum Gasteiger partial charge on any atom is -0.349 e. The van der Waals surface area contributed by atoms with Gasteiger partial charge in [-0.2, -0.15) is 0 Å². The highest BCUT2D eigenvalue weighted by atomic mass is 79.9. The third-order valence-electron chi connectivity index (χ3n) is 4.07. The zero-order chi connectivity index (χ0) is 18.9. The first kappa shape index (κ1) is 20.1. The summed E-state index contributed by atoms with van der Waals surface area (Å²) in [5.41, 5.74) is 0.893. The van der Waals surface area contributed by atoms with Crippen LogP contribution < -0.4 is 10.9 Å². The summed E-state index contributed by atoms with van der Waals surface area (Å²) in [6.07, 6.45) is 3.33. The smallest absolute Gasteiger partial charge is 0.268 e. The molecule has 0 spiro atoms. The molecule has 5 nitrogen and oxygen atoms in total. The quantitative estimate of drug-likeness (QED) is 0.671. The third kappa shape index (κ3) is 5.68. The molecule has 0 saturated carbocycles. The lowest BCUT2D eigenvalue weighted by Crippen LogP contribution is -2.37.